The third-order valence-electron chi connectivity index (χ3n) is 4.70. The van der Waals surface area contributed by atoms with Crippen molar-refractivity contribution in [2.24, 2.45) is 4.99 Å². The molecule has 0 spiro atoms. The highest BCUT2D eigenvalue weighted by molar-refractivity contribution is 9.10. The second-order valence-electron chi connectivity index (χ2n) is 7.82. The van der Waals surface area contributed by atoms with Gasteiger partial charge in [-0.05, 0) is 87.5 Å². The Morgan fingerprint density at radius 3 is 2.63 bits per heavy atom. The molecule has 0 bridgehead atoms. The summed E-state index contributed by atoms with van der Waals surface area (Å²) in [7, 11) is 1.79. The largest absolute Gasteiger partial charge is 0.444 e. The number of allylic oxidation sites excluding steroid dienone is 1. The molecule has 0 N–H and O–H groups in total. The SMILES string of the molecule is C/C=C(/C)C(=NC)C1CCCC(c2cccc(Br)n2)N1C(=O)OC(C)(C)C. The Morgan fingerprint density at radius 2 is 2.07 bits per heavy atom. The zero-order valence-corrected chi connectivity index (χ0v) is 18.7. The lowest BCUT2D eigenvalue weighted by Crippen LogP contribution is -2.51. The molecule has 1 aliphatic heterocycles. The van der Waals surface area contributed by atoms with E-state index in [0.29, 0.717) is 0 Å². The van der Waals surface area contributed by atoms with Gasteiger partial charge in [-0.1, -0.05) is 12.1 Å². The number of ether oxygens (including phenoxy) is 1. The van der Waals surface area contributed by atoms with Crippen LogP contribution in [0.5, 0.6) is 0 Å². The number of nitrogens with zero attached hydrogens (tertiary/aromatic N) is 3. The maximum absolute atomic E-state index is 13.2. The number of hydrogen-bond donors (Lipinski definition) is 0. The van der Waals surface area contributed by atoms with Crippen LogP contribution in [0.25, 0.3) is 0 Å². The van der Waals surface area contributed by atoms with Crippen LogP contribution < -0.4 is 0 Å². The molecule has 2 rings (SSSR count). The predicted octanol–water partition coefficient (Wildman–Crippen LogP) is 5.71. The van der Waals surface area contributed by atoms with E-state index in [9.17, 15) is 4.79 Å². The van der Waals surface area contributed by atoms with Gasteiger partial charge in [0.2, 0.25) is 0 Å². The molecule has 1 fully saturated rings. The topological polar surface area (TPSA) is 54.8 Å². The molecule has 148 valence electrons. The van der Waals surface area contributed by atoms with Gasteiger partial charge >= 0.3 is 6.09 Å². The first-order chi connectivity index (χ1) is 12.7. The number of likely N-dealkylation sites (tertiary alicyclic amines) is 1. The molecule has 27 heavy (non-hydrogen) atoms. The van der Waals surface area contributed by atoms with Crippen molar-refractivity contribution in [2.75, 3.05) is 7.05 Å². The monoisotopic (exact) mass is 435 g/mol. The van der Waals surface area contributed by atoms with Gasteiger partial charge in [-0.3, -0.25) is 9.89 Å². The van der Waals surface area contributed by atoms with Gasteiger partial charge in [-0.2, -0.15) is 0 Å². The Hall–Kier alpha value is -1.69. The number of halogens is 1. The van der Waals surface area contributed by atoms with Gasteiger partial charge in [0, 0.05) is 7.05 Å². The molecular formula is C21H30BrN3O2. The van der Waals surface area contributed by atoms with E-state index in [0.717, 1.165) is 40.8 Å². The Morgan fingerprint density at radius 1 is 1.37 bits per heavy atom. The first kappa shape index (κ1) is 21.6. The number of piperidine rings is 1. The Bertz CT molecular complexity index is 737. The molecule has 1 amide bonds. The summed E-state index contributed by atoms with van der Waals surface area (Å²) >= 11 is 3.45. The highest BCUT2D eigenvalue weighted by Gasteiger charge is 2.40. The van der Waals surface area contributed by atoms with Gasteiger partial charge < -0.3 is 4.74 Å². The molecule has 0 radical (unpaired) electrons. The molecule has 0 saturated carbocycles. The summed E-state index contributed by atoms with van der Waals surface area (Å²) in [5.41, 5.74) is 2.32. The third kappa shape index (κ3) is 5.41. The minimum Gasteiger partial charge on any atom is -0.444 e. The third-order valence-corrected chi connectivity index (χ3v) is 5.14. The van der Waals surface area contributed by atoms with E-state index in [4.69, 9.17) is 4.74 Å². The minimum absolute atomic E-state index is 0.124. The van der Waals surface area contributed by atoms with Crippen LogP contribution in [-0.2, 0) is 4.74 Å². The van der Waals surface area contributed by atoms with Crippen LogP contribution in [0.2, 0.25) is 0 Å². The van der Waals surface area contributed by atoms with E-state index in [-0.39, 0.29) is 18.2 Å². The first-order valence-corrected chi connectivity index (χ1v) is 10.2. The van der Waals surface area contributed by atoms with E-state index in [1.54, 1.807) is 7.05 Å². The fraction of sp³-hybridized carbons (Fsp3) is 0.571. The highest BCUT2D eigenvalue weighted by Crippen LogP contribution is 2.36. The van der Waals surface area contributed by atoms with Crippen LogP contribution in [-0.4, -0.2) is 40.4 Å². The van der Waals surface area contributed by atoms with Gasteiger partial charge in [0.15, 0.2) is 0 Å². The van der Waals surface area contributed by atoms with Crippen molar-refractivity contribution < 1.29 is 9.53 Å². The molecule has 1 saturated heterocycles. The zero-order chi connectivity index (χ0) is 20.2. The Labute approximate surface area is 171 Å². The van der Waals surface area contributed by atoms with Crippen molar-refractivity contribution in [3.8, 4) is 0 Å². The highest BCUT2D eigenvalue weighted by atomic mass is 79.9. The molecular weight excluding hydrogens is 406 g/mol. The molecule has 6 heteroatoms. The second kappa shape index (κ2) is 9.00. The second-order valence-corrected chi connectivity index (χ2v) is 8.63. The van der Waals surface area contributed by atoms with Crippen LogP contribution in [0.3, 0.4) is 0 Å². The van der Waals surface area contributed by atoms with Crippen molar-refractivity contribution in [1.29, 1.82) is 0 Å². The number of hydrogen-bond acceptors (Lipinski definition) is 4. The normalized spacial score (nSPS) is 22.0. The quantitative estimate of drug-likeness (QED) is 0.450. The summed E-state index contributed by atoms with van der Waals surface area (Å²) in [5, 5.41) is 0. The van der Waals surface area contributed by atoms with Gasteiger partial charge in [0.05, 0.1) is 23.5 Å². The van der Waals surface area contributed by atoms with Crippen LogP contribution >= 0.6 is 15.9 Å². The molecule has 1 aromatic rings. The Kier molecular flexibility index (Phi) is 7.20. The first-order valence-electron chi connectivity index (χ1n) is 9.41. The zero-order valence-electron chi connectivity index (χ0n) is 17.1. The lowest BCUT2D eigenvalue weighted by molar-refractivity contribution is 0.00237. The summed E-state index contributed by atoms with van der Waals surface area (Å²) in [4.78, 5) is 24.2. The average molecular weight is 436 g/mol. The number of amides is 1. The summed E-state index contributed by atoms with van der Waals surface area (Å²) in [6.45, 7) is 9.71. The van der Waals surface area contributed by atoms with Crippen molar-refractivity contribution in [3.63, 3.8) is 0 Å². The fourth-order valence-corrected chi connectivity index (χ4v) is 3.83. The fourth-order valence-electron chi connectivity index (χ4n) is 3.47. The van der Waals surface area contributed by atoms with Crippen molar-refractivity contribution in [2.45, 2.75) is 71.6 Å². The van der Waals surface area contributed by atoms with Crippen LogP contribution in [0.1, 0.15) is 65.6 Å². The molecule has 2 atom stereocenters. The minimum atomic E-state index is -0.562. The lowest BCUT2D eigenvalue weighted by Gasteiger charge is -2.42. The van der Waals surface area contributed by atoms with E-state index in [2.05, 4.69) is 25.9 Å². The summed E-state index contributed by atoms with van der Waals surface area (Å²) in [5.74, 6) is 0. The van der Waals surface area contributed by atoms with E-state index in [1.807, 2.05) is 63.8 Å². The number of rotatable bonds is 3. The molecule has 2 unspecified atom stereocenters. The Balaban J connectivity index is 2.50. The van der Waals surface area contributed by atoms with E-state index in [1.165, 1.54) is 0 Å². The molecule has 1 aromatic heterocycles. The predicted molar refractivity (Wildman–Crippen MR) is 113 cm³/mol. The van der Waals surface area contributed by atoms with Crippen molar-refractivity contribution in [1.82, 2.24) is 9.88 Å². The van der Waals surface area contributed by atoms with Crippen molar-refractivity contribution in [3.05, 3.63) is 40.1 Å². The number of carbonyl (C=O) groups is 1. The van der Waals surface area contributed by atoms with Crippen LogP contribution in [0.4, 0.5) is 4.79 Å². The van der Waals surface area contributed by atoms with Crippen LogP contribution in [0, 0.1) is 0 Å². The number of aromatic nitrogens is 1. The van der Waals surface area contributed by atoms with Gasteiger partial charge in [-0.15, -0.1) is 0 Å². The molecule has 0 aliphatic carbocycles. The number of pyridine rings is 1. The van der Waals surface area contributed by atoms with Gasteiger partial charge in [0.25, 0.3) is 0 Å². The molecule has 1 aliphatic rings. The van der Waals surface area contributed by atoms with Gasteiger partial charge in [-0.25, -0.2) is 9.78 Å². The smallest absolute Gasteiger partial charge is 0.411 e. The number of aliphatic imine (C=N–C) groups is 1. The molecule has 5 nitrogen and oxygen atoms in total. The summed E-state index contributed by atoms with van der Waals surface area (Å²) in [6, 6.07) is 5.55. The number of carbonyl (C=O) groups excluding carboxylic acids is 1. The average Bonchev–Trinajstić information content (AvgIpc) is 2.60. The summed E-state index contributed by atoms with van der Waals surface area (Å²) < 4.78 is 6.53. The maximum atomic E-state index is 13.2. The summed E-state index contributed by atoms with van der Waals surface area (Å²) in [6.07, 6.45) is 4.44. The van der Waals surface area contributed by atoms with E-state index < -0.39 is 5.60 Å². The lowest BCUT2D eigenvalue weighted by atomic mass is 9.88. The van der Waals surface area contributed by atoms with Crippen molar-refractivity contribution >= 4 is 27.7 Å². The van der Waals surface area contributed by atoms with Gasteiger partial charge in [0.1, 0.15) is 10.2 Å². The molecule has 0 aromatic carbocycles. The molecule has 2 heterocycles. The standard InChI is InChI=1S/C21H30BrN3O2/c1-7-14(2)19(23-6)17-12-9-11-16(15-10-8-13-18(22)24-15)25(17)20(26)27-21(3,4)5/h7-8,10,13,16-17H,9,11-12H2,1-6H3/b14-7-,23-19?. The van der Waals surface area contributed by atoms with Crippen LogP contribution in [0.15, 0.2) is 39.4 Å². The van der Waals surface area contributed by atoms with E-state index >= 15 is 0 Å². The maximum Gasteiger partial charge on any atom is 0.411 e.